The Morgan fingerprint density at radius 3 is 2.21 bits per heavy atom. The molecule has 0 aromatic rings. The number of carbonyl (C=O) groups is 1. The van der Waals surface area contributed by atoms with Gasteiger partial charge in [0.1, 0.15) is 6.61 Å². The Hall–Kier alpha value is -0.780. The monoisotopic (exact) mass is 222 g/mol. The molecule has 0 saturated heterocycles. The molecule has 14 heavy (non-hydrogen) atoms. The zero-order chi connectivity index (χ0) is 11.6. The Kier molecular flexibility index (Phi) is 3.93. The van der Waals surface area contributed by atoms with Crippen molar-refractivity contribution >= 4 is 15.8 Å². The number of hydrogen-bond donors (Lipinski definition) is 2. The van der Waals surface area contributed by atoms with Crippen LogP contribution in [0.15, 0.2) is 0 Å². The normalized spacial score (nSPS) is 18.3. The Morgan fingerprint density at radius 1 is 1.57 bits per heavy atom. The molecule has 3 N–H and O–H groups in total. The highest BCUT2D eigenvalue weighted by molar-refractivity contribution is 7.92. The summed E-state index contributed by atoms with van der Waals surface area (Å²) >= 11 is 0. The summed E-state index contributed by atoms with van der Waals surface area (Å²) in [6.45, 7) is 5.47. The molecule has 2 atom stereocenters. The zero-order valence-corrected chi connectivity index (χ0v) is 9.81. The van der Waals surface area contributed by atoms with Gasteiger partial charge in [0, 0.05) is 16.0 Å². The molecule has 0 aliphatic heterocycles. The van der Waals surface area contributed by atoms with Gasteiger partial charge in [0.05, 0.1) is 5.25 Å². The number of amides is 1. The molecule has 2 unspecified atom stereocenters. The lowest BCUT2D eigenvalue weighted by Crippen LogP contribution is -2.38. The second-order valence-electron chi connectivity index (χ2n) is 4.39. The smallest absolute Gasteiger partial charge is 0.404 e. The highest BCUT2D eigenvalue weighted by atomic mass is 32.2. The largest absolute Gasteiger partial charge is 0.448 e. The summed E-state index contributed by atoms with van der Waals surface area (Å²) in [5.74, 6) is 0. The number of primary amides is 1. The van der Waals surface area contributed by atoms with Crippen molar-refractivity contribution in [2.45, 2.75) is 26.0 Å². The lowest BCUT2D eigenvalue weighted by Gasteiger charge is -2.29. The van der Waals surface area contributed by atoms with Crippen molar-refractivity contribution in [1.29, 1.82) is 4.78 Å². The Bertz CT molecular complexity index is 303. The third-order valence-corrected chi connectivity index (χ3v) is 3.81. The molecule has 0 aliphatic carbocycles. The third kappa shape index (κ3) is 4.45. The van der Waals surface area contributed by atoms with Gasteiger partial charge in [-0.1, -0.05) is 20.8 Å². The fraction of sp³-hybridized carbons (Fsp3) is 0.875. The summed E-state index contributed by atoms with van der Waals surface area (Å²) in [7, 11) is -2.75. The summed E-state index contributed by atoms with van der Waals surface area (Å²) < 4.78 is 23.7. The van der Waals surface area contributed by atoms with E-state index in [1.165, 1.54) is 6.26 Å². The zero-order valence-electron chi connectivity index (χ0n) is 8.99. The van der Waals surface area contributed by atoms with Gasteiger partial charge in [-0.25, -0.2) is 9.00 Å². The average molecular weight is 222 g/mol. The number of nitrogens with two attached hydrogens (primary N) is 1. The fourth-order valence-corrected chi connectivity index (χ4v) is 2.89. The van der Waals surface area contributed by atoms with Crippen molar-refractivity contribution in [3.05, 3.63) is 0 Å². The highest BCUT2D eigenvalue weighted by Gasteiger charge is 2.32. The van der Waals surface area contributed by atoms with Crippen LogP contribution in [0.5, 0.6) is 0 Å². The maximum atomic E-state index is 11.6. The van der Waals surface area contributed by atoms with Gasteiger partial charge in [-0.05, 0) is 5.41 Å². The van der Waals surface area contributed by atoms with Crippen LogP contribution in [0, 0.1) is 10.2 Å². The van der Waals surface area contributed by atoms with Crippen LogP contribution >= 0.6 is 0 Å². The maximum Gasteiger partial charge on any atom is 0.404 e. The molecule has 0 aromatic carbocycles. The van der Waals surface area contributed by atoms with Crippen molar-refractivity contribution in [1.82, 2.24) is 0 Å². The predicted molar refractivity (Wildman–Crippen MR) is 55.6 cm³/mol. The van der Waals surface area contributed by atoms with Crippen LogP contribution in [0.2, 0.25) is 0 Å². The summed E-state index contributed by atoms with van der Waals surface area (Å²) in [5, 5.41) is -0.512. The first-order valence-electron chi connectivity index (χ1n) is 4.20. The van der Waals surface area contributed by atoms with Gasteiger partial charge in [-0.3, -0.25) is 4.78 Å². The van der Waals surface area contributed by atoms with Crippen LogP contribution in [0.4, 0.5) is 4.79 Å². The quantitative estimate of drug-likeness (QED) is 0.750. The van der Waals surface area contributed by atoms with Gasteiger partial charge in [-0.15, -0.1) is 0 Å². The molecule has 0 heterocycles. The number of rotatable bonds is 3. The second-order valence-corrected chi connectivity index (χ2v) is 6.77. The number of ether oxygens (including phenoxy) is 1. The Balaban J connectivity index is 4.69. The molecule has 84 valence electrons. The Morgan fingerprint density at radius 2 is 2.00 bits per heavy atom. The lowest BCUT2D eigenvalue weighted by molar-refractivity contribution is 0.143. The molecule has 1 amide bonds. The van der Waals surface area contributed by atoms with Crippen molar-refractivity contribution in [3.8, 4) is 0 Å². The minimum atomic E-state index is -2.75. The van der Waals surface area contributed by atoms with Crippen molar-refractivity contribution in [2.24, 2.45) is 11.1 Å². The summed E-state index contributed by atoms with van der Waals surface area (Å²) in [4.78, 5) is 10.4. The van der Waals surface area contributed by atoms with E-state index in [9.17, 15) is 9.00 Å². The molecule has 0 aliphatic rings. The minimum Gasteiger partial charge on any atom is -0.448 e. The predicted octanol–water partition coefficient (Wildman–Crippen LogP) is 1.17. The molecule has 0 fully saturated rings. The minimum absolute atomic E-state index is 0.0718. The van der Waals surface area contributed by atoms with E-state index in [2.05, 4.69) is 4.74 Å². The summed E-state index contributed by atoms with van der Waals surface area (Å²) in [6.07, 6.45) is 0.440. The van der Waals surface area contributed by atoms with Crippen LogP contribution < -0.4 is 5.73 Å². The van der Waals surface area contributed by atoms with Crippen LogP contribution in [-0.2, 0) is 14.5 Å². The standard InChI is InChI=1S/C8H18N2O3S/c1-8(2,3)6(14(4,10)12)5-13-7(9)11/h6,10H,5H2,1-4H3,(H2,9,11). The first kappa shape index (κ1) is 13.2. The van der Waals surface area contributed by atoms with Crippen molar-refractivity contribution < 1.29 is 13.7 Å². The molecule has 0 aromatic heterocycles. The van der Waals surface area contributed by atoms with E-state index in [0.29, 0.717) is 0 Å². The Labute approximate surface area is 85.0 Å². The van der Waals surface area contributed by atoms with Gasteiger partial charge in [0.2, 0.25) is 0 Å². The molecule has 6 heteroatoms. The molecule has 0 spiro atoms. The molecular weight excluding hydrogens is 204 g/mol. The van der Waals surface area contributed by atoms with E-state index in [0.717, 1.165) is 0 Å². The van der Waals surface area contributed by atoms with E-state index < -0.39 is 21.1 Å². The molecule has 0 radical (unpaired) electrons. The van der Waals surface area contributed by atoms with E-state index in [1.54, 1.807) is 0 Å². The molecule has 5 nitrogen and oxygen atoms in total. The van der Waals surface area contributed by atoms with Crippen molar-refractivity contribution in [3.63, 3.8) is 0 Å². The summed E-state index contributed by atoms with van der Waals surface area (Å²) in [6, 6.07) is 0. The molecule has 0 rings (SSSR count). The molecule has 0 saturated carbocycles. The van der Waals surface area contributed by atoms with E-state index >= 15 is 0 Å². The van der Waals surface area contributed by atoms with Gasteiger partial charge in [0.15, 0.2) is 0 Å². The number of nitrogens with one attached hydrogen (secondary N) is 1. The SMILES string of the molecule is CC(C)(C)C(COC(N)=O)S(C)(=N)=O. The second kappa shape index (κ2) is 4.16. The van der Waals surface area contributed by atoms with Gasteiger partial charge in [-0.2, -0.15) is 0 Å². The van der Waals surface area contributed by atoms with Crippen molar-refractivity contribution in [2.75, 3.05) is 12.9 Å². The average Bonchev–Trinajstić information content (AvgIpc) is 1.78. The topological polar surface area (TPSA) is 93.2 Å². The van der Waals surface area contributed by atoms with Crippen LogP contribution in [0.3, 0.4) is 0 Å². The first-order valence-corrected chi connectivity index (χ1v) is 6.23. The van der Waals surface area contributed by atoms with Gasteiger partial charge >= 0.3 is 6.09 Å². The summed E-state index contributed by atoms with van der Waals surface area (Å²) in [5.41, 5.74) is 4.45. The van der Waals surface area contributed by atoms with E-state index in [4.69, 9.17) is 10.5 Å². The van der Waals surface area contributed by atoms with Gasteiger partial charge in [0.25, 0.3) is 0 Å². The van der Waals surface area contributed by atoms with Crippen LogP contribution in [-0.4, -0.2) is 28.4 Å². The van der Waals surface area contributed by atoms with Gasteiger partial charge < -0.3 is 10.5 Å². The molecule has 0 bridgehead atoms. The van der Waals surface area contributed by atoms with E-state index in [-0.39, 0.29) is 12.0 Å². The maximum absolute atomic E-state index is 11.6. The van der Waals surface area contributed by atoms with Crippen LogP contribution in [0.1, 0.15) is 20.8 Å². The number of carbonyl (C=O) groups excluding carboxylic acids is 1. The van der Waals surface area contributed by atoms with E-state index in [1.807, 2.05) is 20.8 Å². The number of hydrogen-bond acceptors (Lipinski definition) is 4. The molecular formula is C8H18N2O3S. The third-order valence-electron chi connectivity index (χ3n) is 1.89. The first-order chi connectivity index (χ1) is 6.05. The lowest BCUT2D eigenvalue weighted by atomic mass is 9.92. The fourth-order valence-electron chi connectivity index (χ4n) is 1.21. The highest BCUT2D eigenvalue weighted by Crippen LogP contribution is 2.25. The van der Waals surface area contributed by atoms with Crippen LogP contribution in [0.25, 0.3) is 0 Å².